The standard InChI is InChI=1S/C12H17NO/c1-2-3-9-4-5-11(14)10(8-9)12(13)6-7-12/h4-5,8,14H,2-3,6-7,13H2,1H3. The molecule has 14 heavy (non-hydrogen) atoms. The van der Waals surface area contributed by atoms with E-state index in [0.717, 1.165) is 31.2 Å². The number of hydrogen-bond acceptors (Lipinski definition) is 2. The zero-order valence-corrected chi connectivity index (χ0v) is 8.59. The van der Waals surface area contributed by atoms with Gasteiger partial charge in [0.2, 0.25) is 0 Å². The SMILES string of the molecule is CCCc1ccc(O)c(C2(N)CC2)c1. The van der Waals surface area contributed by atoms with Crippen molar-refractivity contribution < 1.29 is 5.11 Å². The predicted octanol–water partition coefficient (Wildman–Crippen LogP) is 2.29. The molecule has 1 aliphatic rings. The van der Waals surface area contributed by atoms with E-state index in [0.29, 0.717) is 5.75 Å². The minimum Gasteiger partial charge on any atom is -0.508 e. The molecule has 0 bridgehead atoms. The summed E-state index contributed by atoms with van der Waals surface area (Å²) in [6.45, 7) is 2.15. The molecule has 0 spiro atoms. The number of benzene rings is 1. The highest BCUT2D eigenvalue weighted by Gasteiger charge is 2.41. The van der Waals surface area contributed by atoms with Gasteiger partial charge < -0.3 is 10.8 Å². The van der Waals surface area contributed by atoms with Crippen molar-refractivity contribution in [2.45, 2.75) is 38.1 Å². The molecule has 1 aromatic rings. The Hall–Kier alpha value is -1.02. The van der Waals surface area contributed by atoms with Gasteiger partial charge in [0, 0.05) is 11.1 Å². The highest BCUT2D eigenvalue weighted by Crippen LogP contribution is 2.46. The molecule has 1 aliphatic carbocycles. The van der Waals surface area contributed by atoms with Crippen LogP contribution < -0.4 is 5.73 Å². The van der Waals surface area contributed by atoms with Crippen molar-refractivity contribution in [3.05, 3.63) is 29.3 Å². The molecule has 1 aromatic carbocycles. The molecule has 0 saturated heterocycles. The number of phenols is 1. The third-order valence-electron chi connectivity index (χ3n) is 2.92. The number of rotatable bonds is 3. The van der Waals surface area contributed by atoms with Gasteiger partial charge in [0.05, 0.1) is 0 Å². The van der Waals surface area contributed by atoms with Crippen LogP contribution in [0.5, 0.6) is 5.75 Å². The van der Waals surface area contributed by atoms with Gasteiger partial charge in [-0.1, -0.05) is 25.5 Å². The smallest absolute Gasteiger partial charge is 0.120 e. The zero-order chi connectivity index (χ0) is 10.2. The van der Waals surface area contributed by atoms with Crippen LogP contribution in [0.2, 0.25) is 0 Å². The second kappa shape index (κ2) is 3.28. The number of nitrogens with two attached hydrogens (primary N) is 1. The molecule has 0 aromatic heterocycles. The van der Waals surface area contributed by atoms with E-state index < -0.39 is 0 Å². The summed E-state index contributed by atoms with van der Waals surface area (Å²) in [5.41, 5.74) is 8.05. The van der Waals surface area contributed by atoms with Gasteiger partial charge in [-0.15, -0.1) is 0 Å². The first kappa shape index (κ1) is 9.53. The van der Waals surface area contributed by atoms with Crippen LogP contribution in [0.4, 0.5) is 0 Å². The molecule has 1 fully saturated rings. The van der Waals surface area contributed by atoms with Gasteiger partial charge in [0.1, 0.15) is 5.75 Å². The zero-order valence-electron chi connectivity index (χ0n) is 8.59. The van der Waals surface area contributed by atoms with E-state index in [1.165, 1.54) is 5.56 Å². The summed E-state index contributed by atoms with van der Waals surface area (Å²) in [6.07, 6.45) is 4.18. The first-order valence-corrected chi connectivity index (χ1v) is 5.27. The van der Waals surface area contributed by atoms with E-state index in [9.17, 15) is 5.11 Å². The van der Waals surface area contributed by atoms with Crippen molar-refractivity contribution in [1.82, 2.24) is 0 Å². The summed E-state index contributed by atoms with van der Waals surface area (Å²) in [7, 11) is 0. The average molecular weight is 191 g/mol. The summed E-state index contributed by atoms with van der Waals surface area (Å²) in [5, 5.41) is 9.70. The minimum absolute atomic E-state index is 0.228. The molecular formula is C12H17NO. The summed E-state index contributed by atoms with van der Waals surface area (Å²) in [4.78, 5) is 0. The van der Waals surface area contributed by atoms with E-state index in [1.807, 2.05) is 6.07 Å². The van der Waals surface area contributed by atoms with E-state index >= 15 is 0 Å². The maximum atomic E-state index is 9.70. The Kier molecular flexibility index (Phi) is 2.23. The van der Waals surface area contributed by atoms with Gasteiger partial charge in [0.25, 0.3) is 0 Å². The number of aromatic hydroxyl groups is 1. The van der Waals surface area contributed by atoms with Crippen molar-refractivity contribution in [3.63, 3.8) is 0 Å². The molecule has 0 unspecified atom stereocenters. The Morgan fingerprint density at radius 1 is 1.43 bits per heavy atom. The van der Waals surface area contributed by atoms with Crippen molar-refractivity contribution in [1.29, 1.82) is 0 Å². The van der Waals surface area contributed by atoms with Crippen LogP contribution in [0, 0.1) is 0 Å². The maximum Gasteiger partial charge on any atom is 0.120 e. The van der Waals surface area contributed by atoms with Gasteiger partial charge in [0.15, 0.2) is 0 Å². The largest absolute Gasteiger partial charge is 0.508 e. The monoisotopic (exact) mass is 191 g/mol. The molecule has 0 radical (unpaired) electrons. The average Bonchev–Trinajstić information content (AvgIpc) is 2.89. The summed E-state index contributed by atoms with van der Waals surface area (Å²) in [6, 6.07) is 5.81. The fourth-order valence-electron chi connectivity index (χ4n) is 1.83. The molecule has 0 amide bonds. The molecule has 1 saturated carbocycles. The highest BCUT2D eigenvalue weighted by molar-refractivity contribution is 5.43. The Morgan fingerprint density at radius 2 is 2.14 bits per heavy atom. The lowest BCUT2D eigenvalue weighted by atomic mass is 9.99. The van der Waals surface area contributed by atoms with E-state index in [2.05, 4.69) is 13.0 Å². The first-order valence-electron chi connectivity index (χ1n) is 5.27. The minimum atomic E-state index is -0.228. The Bertz CT molecular complexity index is 342. The van der Waals surface area contributed by atoms with Gasteiger partial charge in [-0.05, 0) is 30.9 Å². The Balaban J connectivity index is 2.33. The third kappa shape index (κ3) is 1.62. The van der Waals surface area contributed by atoms with Crippen LogP contribution in [0.1, 0.15) is 37.3 Å². The lowest BCUT2D eigenvalue weighted by Crippen LogP contribution is -2.19. The summed E-state index contributed by atoms with van der Waals surface area (Å²) < 4.78 is 0. The van der Waals surface area contributed by atoms with E-state index in [-0.39, 0.29) is 5.54 Å². The lowest BCUT2D eigenvalue weighted by Gasteiger charge is -2.12. The molecule has 76 valence electrons. The second-order valence-corrected chi connectivity index (χ2v) is 4.26. The van der Waals surface area contributed by atoms with Crippen molar-refractivity contribution in [2.24, 2.45) is 5.73 Å². The van der Waals surface area contributed by atoms with Crippen LogP contribution in [-0.4, -0.2) is 5.11 Å². The van der Waals surface area contributed by atoms with E-state index in [1.54, 1.807) is 6.07 Å². The maximum absolute atomic E-state index is 9.70. The molecule has 0 atom stereocenters. The normalized spacial score (nSPS) is 18.1. The van der Waals surface area contributed by atoms with Crippen LogP contribution >= 0.6 is 0 Å². The number of hydrogen-bond donors (Lipinski definition) is 2. The second-order valence-electron chi connectivity index (χ2n) is 4.26. The molecule has 0 heterocycles. The molecule has 2 heteroatoms. The molecule has 3 N–H and O–H groups in total. The van der Waals surface area contributed by atoms with Gasteiger partial charge >= 0.3 is 0 Å². The van der Waals surface area contributed by atoms with Crippen LogP contribution in [0.15, 0.2) is 18.2 Å². The van der Waals surface area contributed by atoms with Gasteiger partial charge in [-0.3, -0.25) is 0 Å². The Morgan fingerprint density at radius 3 is 2.71 bits per heavy atom. The quantitative estimate of drug-likeness (QED) is 0.770. The van der Waals surface area contributed by atoms with Crippen molar-refractivity contribution in [3.8, 4) is 5.75 Å². The van der Waals surface area contributed by atoms with Crippen LogP contribution in [0.3, 0.4) is 0 Å². The molecule has 2 nitrogen and oxygen atoms in total. The van der Waals surface area contributed by atoms with Crippen molar-refractivity contribution >= 4 is 0 Å². The third-order valence-corrected chi connectivity index (χ3v) is 2.92. The first-order chi connectivity index (χ1) is 6.65. The fourth-order valence-corrected chi connectivity index (χ4v) is 1.83. The van der Waals surface area contributed by atoms with E-state index in [4.69, 9.17) is 5.73 Å². The fraction of sp³-hybridized carbons (Fsp3) is 0.500. The number of aryl methyl sites for hydroxylation is 1. The summed E-state index contributed by atoms with van der Waals surface area (Å²) in [5.74, 6) is 0.352. The van der Waals surface area contributed by atoms with Crippen molar-refractivity contribution in [2.75, 3.05) is 0 Å². The lowest BCUT2D eigenvalue weighted by molar-refractivity contribution is 0.459. The number of phenolic OH excluding ortho intramolecular Hbond substituents is 1. The topological polar surface area (TPSA) is 46.2 Å². The van der Waals surface area contributed by atoms with Crippen LogP contribution in [-0.2, 0) is 12.0 Å². The molecule has 0 aliphatic heterocycles. The molecule has 2 rings (SSSR count). The van der Waals surface area contributed by atoms with Gasteiger partial charge in [-0.2, -0.15) is 0 Å². The van der Waals surface area contributed by atoms with Gasteiger partial charge in [-0.25, -0.2) is 0 Å². The summed E-state index contributed by atoms with van der Waals surface area (Å²) >= 11 is 0. The van der Waals surface area contributed by atoms with Crippen LogP contribution in [0.25, 0.3) is 0 Å². The highest BCUT2D eigenvalue weighted by atomic mass is 16.3. The molecular weight excluding hydrogens is 174 g/mol. The predicted molar refractivity (Wildman–Crippen MR) is 57.2 cm³/mol. The Labute approximate surface area is 84.7 Å².